The Hall–Kier alpha value is -3.32. The van der Waals surface area contributed by atoms with Gasteiger partial charge in [0.2, 0.25) is 0 Å². The highest BCUT2D eigenvalue weighted by molar-refractivity contribution is 6.46. The number of hydrogen-bond acceptors (Lipinski definition) is 6. The van der Waals surface area contributed by atoms with Gasteiger partial charge in [-0.3, -0.25) is 9.59 Å². The van der Waals surface area contributed by atoms with Gasteiger partial charge in [0, 0.05) is 12.1 Å². The summed E-state index contributed by atoms with van der Waals surface area (Å²) in [5.74, 6) is -0.330. The molecule has 186 valence electrons. The summed E-state index contributed by atoms with van der Waals surface area (Å²) in [5.41, 5.74) is 2.51. The van der Waals surface area contributed by atoms with Crippen molar-refractivity contribution in [2.45, 2.75) is 39.7 Å². The molecule has 7 heteroatoms. The highest BCUT2D eigenvalue weighted by Gasteiger charge is 2.45. The van der Waals surface area contributed by atoms with Crippen molar-refractivity contribution < 1.29 is 24.2 Å². The predicted octanol–water partition coefficient (Wildman–Crippen LogP) is 4.17. The molecule has 0 spiro atoms. The maximum Gasteiger partial charge on any atom is 0.295 e. The molecule has 4 rings (SSSR count). The summed E-state index contributed by atoms with van der Waals surface area (Å²) in [6.45, 7) is 10.3. The van der Waals surface area contributed by atoms with Crippen LogP contribution in [0.25, 0.3) is 5.76 Å². The molecule has 0 unspecified atom stereocenters. The zero-order valence-corrected chi connectivity index (χ0v) is 20.8. The van der Waals surface area contributed by atoms with Gasteiger partial charge in [-0.2, -0.15) is 0 Å². The molecule has 1 fully saturated rings. The predicted molar refractivity (Wildman–Crippen MR) is 135 cm³/mol. The number of aliphatic hydroxyl groups excluding tert-OH is 1. The molecule has 1 saturated heterocycles. The van der Waals surface area contributed by atoms with Gasteiger partial charge in [0.25, 0.3) is 11.7 Å². The van der Waals surface area contributed by atoms with Crippen LogP contribution in [0.4, 0.5) is 0 Å². The Morgan fingerprint density at radius 2 is 1.69 bits per heavy atom. The topological polar surface area (TPSA) is 79.3 Å². The molecule has 0 bridgehead atoms. The second-order valence-electron chi connectivity index (χ2n) is 8.83. The number of ketones is 1. The summed E-state index contributed by atoms with van der Waals surface area (Å²) >= 11 is 0. The molecule has 0 aliphatic carbocycles. The van der Waals surface area contributed by atoms with Crippen molar-refractivity contribution in [3.05, 3.63) is 64.7 Å². The number of fused-ring (bicyclic) bond motifs is 1. The minimum Gasteiger partial charge on any atom is -0.507 e. The van der Waals surface area contributed by atoms with Crippen LogP contribution < -0.4 is 9.47 Å². The van der Waals surface area contributed by atoms with Crippen LogP contribution in [0.1, 0.15) is 49.9 Å². The zero-order chi connectivity index (χ0) is 24.9. The first-order valence-electron chi connectivity index (χ1n) is 12.5. The van der Waals surface area contributed by atoms with E-state index in [4.69, 9.17) is 9.47 Å². The number of rotatable bonds is 9. The fourth-order valence-electron chi connectivity index (χ4n) is 4.74. The van der Waals surface area contributed by atoms with Crippen molar-refractivity contribution in [2.75, 3.05) is 39.4 Å². The Labute approximate surface area is 206 Å². The molecule has 2 aliphatic heterocycles. The molecule has 2 aromatic carbocycles. The summed E-state index contributed by atoms with van der Waals surface area (Å²) < 4.78 is 11.2. The summed E-state index contributed by atoms with van der Waals surface area (Å²) in [4.78, 5) is 30.3. The molecule has 0 aromatic heterocycles. The van der Waals surface area contributed by atoms with E-state index in [0.717, 1.165) is 38.0 Å². The van der Waals surface area contributed by atoms with Crippen LogP contribution in [-0.4, -0.2) is 66.0 Å². The van der Waals surface area contributed by atoms with Gasteiger partial charge in [-0.15, -0.1) is 0 Å². The fraction of sp³-hybridized carbons (Fsp3) is 0.429. The Bertz CT molecular complexity index is 1100. The average Bonchev–Trinajstić information content (AvgIpc) is 3.15. The third kappa shape index (κ3) is 5.05. The summed E-state index contributed by atoms with van der Waals surface area (Å²) in [6, 6.07) is 12.3. The van der Waals surface area contributed by atoms with Gasteiger partial charge in [0.05, 0.1) is 11.6 Å². The van der Waals surface area contributed by atoms with Crippen molar-refractivity contribution in [1.82, 2.24) is 9.80 Å². The van der Waals surface area contributed by atoms with Crippen molar-refractivity contribution in [2.24, 2.45) is 0 Å². The number of likely N-dealkylation sites (tertiary alicyclic amines) is 1. The normalized spacial score (nSPS) is 19.0. The molecule has 2 aromatic rings. The highest BCUT2D eigenvalue weighted by Crippen LogP contribution is 2.41. The summed E-state index contributed by atoms with van der Waals surface area (Å²) in [6.07, 6.45) is 1.63. The van der Waals surface area contributed by atoms with E-state index >= 15 is 0 Å². The molecule has 0 saturated carbocycles. The lowest BCUT2D eigenvalue weighted by Crippen LogP contribution is -2.33. The van der Waals surface area contributed by atoms with Crippen LogP contribution in [0, 0.1) is 0 Å². The van der Waals surface area contributed by atoms with Gasteiger partial charge in [-0.1, -0.05) is 45.0 Å². The second-order valence-corrected chi connectivity index (χ2v) is 8.83. The Kier molecular flexibility index (Phi) is 7.76. The first kappa shape index (κ1) is 24.8. The third-order valence-electron chi connectivity index (χ3n) is 6.83. The third-order valence-corrected chi connectivity index (χ3v) is 6.83. The van der Waals surface area contributed by atoms with E-state index < -0.39 is 17.7 Å². The lowest BCUT2D eigenvalue weighted by atomic mass is 9.94. The number of aryl methyl sites for hydroxylation is 1. The Morgan fingerprint density at radius 1 is 1.00 bits per heavy atom. The van der Waals surface area contributed by atoms with Crippen molar-refractivity contribution in [3.63, 3.8) is 0 Å². The van der Waals surface area contributed by atoms with Crippen LogP contribution in [0.2, 0.25) is 0 Å². The van der Waals surface area contributed by atoms with E-state index in [-0.39, 0.29) is 11.3 Å². The Balaban J connectivity index is 1.73. The molecular weight excluding hydrogens is 444 g/mol. The number of benzene rings is 2. The molecule has 1 amide bonds. The highest BCUT2D eigenvalue weighted by atomic mass is 16.6. The molecule has 1 N–H and O–H groups in total. The summed E-state index contributed by atoms with van der Waals surface area (Å²) in [5, 5.41) is 11.3. The molecule has 1 atom stereocenters. The number of aliphatic hydroxyl groups is 1. The SMILES string of the molecule is CCc1ccc([C@@H]2C(=C(O)c3ccc4c(c3)OCCO4)C(=O)C(=O)N2CCCN(CC)CC)cc1. The minimum atomic E-state index is -0.662. The van der Waals surface area contributed by atoms with Crippen LogP contribution in [0.3, 0.4) is 0 Å². The van der Waals surface area contributed by atoms with Crippen molar-refractivity contribution >= 4 is 17.4 Å². The van der Waals surface area contributed by atoms with Gasteiger partial charge in [-0.05, 0) is 61.8 Å². The van der Waals surface area contributed by atoms with E-state index in [1.807, 2.05) is 24.3 Å². The zero-order valence-electron chi connectivity index (χ0n) is 20.8. The largest absolute Gasteiger partial charge is 0.507 e. The smallest absolute Gasteiger partial charge is 0.295 e. The molecule has 35 heavy (non-hydrogen) atoms. The van der Waals surface area contributed by atoms with Gasteiger partial charge in [0.1, 0.15) is 19.0 Å². The van der Waals surface area contributed by atoms with Gasteiger partial charge in [0.15, 0.2) is 11.5 Å². The van der Waals surface area contributed by atoms with Gasteiger partial charge >= 0.3 is 0 Å². The van der Waals surface area contributed by atoms with Crippen molar-refractivity contribution in [3.8, 4) is 11.5 Å². The first-order valence-corrected chi connectivity index (χ1v) is 12.5. The van der Waals surface area contributed by atoms with Crippen molar-refractivity contribution in [1.29, 1.82) is 0 Å². The van der Waals surface area contributed by atoms with E-state index in [1.165, 1.54) is 5.56 Å². The molecule has 2 aliphatic rings. The number of carbonyl (C=O) groups excluding carboxylic acids is 2. The Morgan fingerprint density at radius 3 is 2.34 bits per heavy atom. The molecule has 2 heterocycles. The fourth-order valence-corrected chi connectivity index (χ4v) is 4.74. The summed E-state index contributed by atoms with van der Waals surface area (Å²) in [7, 11) is 0. The maximum atomic E-state index is 13.3. The number of ether oxygens (including phenoxy) is 2. The average molecular weight is 479 g/mol. The van der Waals surface area contributed by atoms with E-state index in [0.29, 0.717) is 36.8 Å². The second kappa shape index (κ2) is 11.0. The molecular formula is C28H34N2O5. The minimum absolute atomic E-state index is 0.110. The van der Waals surface area contributed by atoms with E-state index in [2.05, 4.69) is 25.7 Å². The number of Topliss-reactive ketones (excluding diaryl/α,β-unsaturated/α-hetero) is 1. The number of nitrogens with zero attached hydrogens (tertiary/aromatic N) is 2. The van der Waals surface area contributed by atoms with Crippen LogP contribution in [-0.2, 0) is 16.0 Å². The van der Waals surface area contributed by atoms with E-state index in [9.17, 15) is 14.7 Å². The van der Waals surface area contributed by atoms with Gasteiger partial charge < -0.3 is 24.4 Å². The number of amides is 1. The van der Waals surface area contributed by atoms with E-state index in [1.54, 1.807) is 23.1 Å². The molecule has 0 radical (unpaired) electrons. The quantitative estimate of drug-likeness (QED) is 0.331. The first-order chi connectivity index (χ1) is 17.0. The van der Waals surface area contributed by atoms with Crippen LogP contribution >= 0.6 is 0 Å². The van der Waals surface area contributed by atoms with Crippen LogP contribution in [0.15, 0.2) is 48.0 Å². The monoisotopic (exact) mass is 478 g/mol. The van der Waals surface area contributed by atoms with Gasteiger partial charge in [-0.25, -0.2) is 0 Å². The maximum absolute atomic E-state index is 13.3. The lowest BCUT2D eigenvalue weighted by Gasteiger charge is -2.27. The van der Waals surface area contributed by atoms with Crippen LogP contribution in [0.5, 0.6) is 11.5 Å². The number of hydrogen-bond donors (Lipinski definition) is 1. The lowest BCUT2D eigenvalue weighted by molar-refractivity contribution is -0.140. The number of carbonyl (C=O) groups is 2. The standard InChI is InChI=1S/C28H34N2O5/c1-4-19-8-10-20(11-9-19)25-24(26(31)21-12-13-22-23(18-21)35-17-16-34-22)27(32)28(33)30(25)15-7-14-29(5-2)6-3/h8-13,18,25,31H,4-7,14-17H2,1-3H3/t25-/m1/s1. The molecule has 7 nitrogen and oxygen atoms in total.